The van der Waals surface area contributed by atoms with Gasteiger partial charge in [-0.25, -0.2) is 4.98 Å². The second-order valence-electron chi connectivity index (χ2n) is 7.17. The molecule has 0 aliphatic rings. The van der Waals surface area contributed by atoms with Crippen molar-refractivity contribution in [2.24, 2.45) is 0 Å². The van der Waals surface area contributed by atoms with Crippen LogP contribution in [0.3, 0.4) is 0 Å². The number of aromatic nitrogens is 1. The lowest BCUT2D eigenvalue weighted by Crippen LogP contribution is -2.28. The number of nitrogens with zero attached hydrogens (tertiary/aromatic N) is 2. The highest BCUT2D eigenvalue weighted by atomic mass is 16.3. The van der Waals surface area contributed by atoms with Crippen molar-refractivity contribution >= 4 is 55.1 Å². The summed E-state index contributed by atoms with van der Waals surface area (Å²) >= 11 is 0. The maximum atomic E-state index is 13.2. The van der Waals surface area contributed by atoms with Gasteiger partial charge in [0.2, 0.25) is 5.43 Å². The van der Waals surface area contributed by atoms with Gasteiger partial charge in [-0.1, -0.05) is 18.2 Å². The molecule has 0 saturated heterocycles. The normalized spacial score (nSPS) is 11.7. The van der Waals surface area contributed by atoms with Crippen LogP contribution in [0.15, 0.2) is 63.8 Å². The van der Waals surface area contributed by atoms with Gasteiger partial charge in [0.15, 0.2) is 11.2 Å². The third kappa shape index (κ3) is 2.54. The number of benzene rings is 4. The Bertz CT molecular complexity index is 1470. The first-order chi connectivity index (χ1) is 14.1. The van der Waals surface area contributed by atoms with E-state index in [1.807, 2.05) is 73.3 Å². The van der Waals surface area contributed by atoms with E-state index < -0.39 is 0 Å². The number of para-hydroxylation sites is 2. The highest BCUT2D eigenvalue weighted by Gasteiger charge is 2.17. The molecule has 0 bridgehead atoms. The van der Waals surface area contributed by atoms with Crippen LogP contribution >= 0.6 is 0 Å². The number of nitrogen functional groups attached to an aromatic ring is 1. The Hall–Kier alpha value is -3.60. The summed E-state index contributed by atoms with van der Waals surface area (Å²) in [7, 11) is 0. The molecule has 0 spiro atoms. The van der Waals surface area contributed by atoms with Crippen LogP contribution in [0.4, 0.5) is 11.4 Å². The Morgan fingerprint density at radius 2 is 1.62 bits per heavy atom. The minimum atomic E-state index is -0.0261. The molecule has 0 fully saturated rings. The van der Waals surface area contributed by atoms with E-state index >= 15 is 0 Å². The largest absolute Gasteiger partial charge is 0.453 e. The number of nitrogens with two attached hydrogens (primary N) is 1. The van der Waals surface area contributed by atoms with Crippen molar-refractivity contribution in [3.05, 3.63) is 64.8 Å². The SMILES string of the molecule is CCN(CC)c1c(N)cc2c(ccc3c2ccc2oc4ccccc4nc23)c1=O. The molecule has 5 aromatic rings. The first kappa shape index (κ1) is 17.5. The van der Waals surface area contributed by atoms with Crippen LogP contribution in [0.2, 0.25) is 0 Å². The molecule has 4 aromatic carbocycles. The van der Waals surface area contributed by atoms with Gasteiger partial charge < -0.3 is 15.1 Å². The van der Waals surface area contributed by atoms with E-state index in [0.717, 1.165) is 45.9 Å². The lowest BCUT2D eigenvalue weighted by molar-refractivity contribution is 0.657. The Kier molecular flexibility index (Phi) is 3.91. The van der Waals surface area contributed by atoms with Gasteiger partial charge in [-0.3, -0.25) is 4.79 Å². The van der Waals surface area contributed by atoms with Crippen molar-refractivity contribution in [3.8, 4) is 0 Å². The van der Waals surface area contributed by atoms with Crippen molar-refractivity contribution in [2.45, 2.75) is 13.8 Å². The molecule has 1 heterocycles. The topological polar surface area (TPSA) is 72.4 Å². The Morgan fingerprint density at radius 1 is 0.897 bits per heavy atom. The summed E-state index contributed by atoms with van der Waals surface area (Å²) < 4.78 is 6.04. The van der Waals surface area contributed by atoms with E-state index in [1.165, 1.54) is 0 Å². The van der Waals surface area contributed by atoms with Crippen LogP contribution < -0.4 is 16.1 Å². The van der Waals surface area contributed by atoms with E-state index in [-0.39, 0.29) is 5.43 Å². The van der Waals surface area contributed by atoms with Gasteiger partial charge in [0.05, 0.1) is 5.69 Å². The first-order valence-electron chi connectivity index (χ1n) is 9.84. The summed E-state index contributed by atoms with van der Waals surface area (Å²) in [6.45, 7) is 5.52. The van der Waals surface area contributed by atoms with Crippen molar-refractivity contribution in [1.29, 1.82) is 0 Å². The third-order valence-corrected chi connectivity index (χ3v) is 5.61. The maximum absolute atomic E-state index is 13.2. The van der Waals surface area contributed by atoms with Crippen LogP contribution in [-0.2, 0) is 0 Å². The first-order valence-corrected chi connectivity index (χ1v) is 9.84. The van der Waals surface area contributed by atoms with Crippen LogP contribution in [0.5, 0.6) is 0 Å². The average molecular weight is 383 g/mol. The molecule has 0 radical (unpaired) electrons. The molecule has 5 nitrogen and oxygen atoms in total. The summed E-state index contributed by atoms with van der Waals surface area (Å²) in [4.78, 5) is 20.1. The van der Waals surface area contributed by atoms with E-state index in [4.69, 9.17) is 15.1 Å². The predicted molar refractivity (Wildman–Crippen MR) is 121 cm³/mol. The van der Waals surface area contributed by atoms with Gasteiger partial charge in [-0.2, -0.15) is 0 Å². The number of rotatable bonds is 3. The van der Waals surface area contributed by atoms with Gasteiger partial charge in [0, 0.05) is 23.9 Å². The molecule has 29 heavy (non-hydrogen) atoms. The molecule has 0 saturated carbocycles. The smallest absolute Gasteiger partial charge is 0.211 e. The van der Waals surface area contributed by atoms with E-state index in [0.29, 0.717) is 22.3 Å². The molecule has 0 amide bonds. The number of fused-ring (bicyclic) bond motifs is 6. The van der Waals surface area contributed by atoms with E-state index in [2.05, 4.69) is 0 Å². The molecule has 5 heteroatoms. The monoisotopic (exact) mass is 383 g/mol. The second kappa shape index (κ2) is 6.48. The predicted octanol–water partition coefficient (Wildman–Crippen LogP) is 5.08. The summed E-state index contributed by atoms with van der Waals surface area (Å²) in [5.41, 5.74) is 10.4. The lowest BCUT2D eigenvalue weighted by Gasteiger charge is -2.22. The fourth-order valence-corrected chi connectivity index (χ4v) is 4.17. The molecule has 144 valence electrons. The quantitative estimate of drug-likeness (QED) is 0.267. The summed E-state index contributed by atoms with van der Waals surface area (Å²) in [5.74, 6) is 0. The zero-order valence-corrected chi connectivity index (χ0v) is 16.4. The lowest BCUT2D eigenvalue weighted by atomic mass is 9.99. The fraction of sp³-hybridized carbons (Fsp3) is 0.167. The van der Waals surface area contributed by atoms with Crippen LogP contribution in [0.1, 0.15) is 13.8 Å². The standard InChI is InChI=1S/C24H21N3O2/c1-3-27(4-2)23-18(25)13-17-14-11-12-21-22(15(14)9-10-16(17)24(23)28)26-19-7-5-6-8-20(19)29-21/h5-13H,3-4,25H2,1-2H3. The molecule has 1 aromatic heterocycles. The van der Waals surface area contributed by atoms with Crippen LogP contribution in [-0.4, -0.2) is 18.1 Å². The van der Waals surface area contributed by atoms with Crippen molar-refractivity contribution < 1.29 is 4.42 Å². The molecule has 0 unspecified atom stereocenters. The van der Waals surface area contributed by atoms with Crippen LogP contribution in [0.25, 0.3) is 43.7 Å². The van der Waals surface area contributed by atoms with Gasteiger partial charge in [0.1, 0.15) is 16.7 Å². The van der Waals surface area contributed by atoms with Crippen molar-refractivity contribution in [1.82, 2.24) is 4.98 Å². The van der Waals surface area contributed by atoms with Gasteiger partial charge in [0.25, 0.3) is 0 Å². The third-order valence-electron chi connectivity index (χ3n) is 5.61. The molecule has 0 aliphatic carbocycles. The highest BCUT2D eigenvalue weighted by molar-refractivity contribution is 6.17. The molecular formula is C24H21N3O2. The Morgan fingerprint density at radius 3 is 2.41 bits per heavy atom. The van der Waals surface area contributed by atoms with E-state index in [1.54, 1.807) is 0 Å². The molecule has 0 aliphatic heterocycles. The van der Waals surface area contributed by atoms with E-state index in [9.17, 15) is 4.79 Å². The fourth-order valence-electron chi connectivity index (χ4n) is 4.17. The summed E-state index contributed by atoms with van der Waals surface area (Å²) in [6, 6.07) is 17.4. The zero-order valence-electron chi connectivity index (χ0n) is 16.4. The Labute approximate surface area is 167 Å². The van der Waals surface area contributed by atoms with Gasteiger partial charge in [-0.05, 0) is 61.0 Å². The maximum Gasteiger partial charge on any atom is 0.211 e. The van der Waals surface area contributed by atoms with Crippen molar-refractivity contribution in [3.63, 3.8) is 0 Å². The van der Waals surface area contributed by atoms with Crippen LogP contribution in [0, 0.1) is 0 Å². The minimum absolute atomic E-state index is 0.0261. The molecule has 2 N–H and O–H groups in total. The highest BCUT2D eigenvalue weighted by Crippen LogP contribution is 2.33. The summed E-state index contributed by atoms with van der Waals surface area (Å²) in [5, 5.41) is 3.41. The van der Waals surface area contributed by atoms with Gasteiger partial charge in [-0.15, -0.1) is 0 Å². The van der Waals surface area contributed by atoms with Gasteiger partial charge >= 0.3 is 0 Å². The number of anilines is 2. The van der Waals surface area contributed by atoms with Crippen molar-refractivity contribution in [2.75, 3.05) is 23.7 Å². The minimum Gasteiger partial charge on any atom is -0.453 e. The zero-order chi connectivity index (χ0) is 20.1. The average Bonchev–Trinajstić information content (AvgIpc) is 2.74. The number of hydrogen-bond donors (Lipinski definition) is 1. The Balaban J connectivity index is 1.88. The molecule has 0 atom stereocenters. The summed E-state index contributed by atoms with van der Waals surface area (Å²) in [6.07, 6.45) is 0. The second-order valence-corrected chi connectivity index (χ2v) is 7.17. The molecule has 5 rings (SSSR count). The number of hydrogen-bond acceptors (Lipinski definition) is 5. The molecular weight excluding hydrogens is 362 g/mol.